The Morgan fingerprint density at radius 2 is 1.94 bits per heavy atom. The van der Waals surface area contributed by atoms with Crippen LogP contribution in [0.1, 0.15) is 34.7 Å². The summed E-state index contributed by atoms with van der Waals surface area (Å²) in [7, 11) is 0. The average molecular weight is 236 g/mol. The van der Waals surface area contributed by atoms with Crippen molar-refractivity contribution in [3.63, 3.8) is 0 Å². The van der Waals surface area contributed by atoms with Crippen molar-refractivity contribution >= 4 is 0 Å². The first-order valence-electron chi connectivity index (χ1n) is 6.42. The highest BCUT2D eigenvalue weighted by Crippen LogP contribution is 2.07. The minimum Gasteiger partial charge on any atom is -0.384 e. The molecule has 0 aliphatic heterocycles. The van der Waals surface area contributed by atoms with Crippen LogP contribution in [0.4, 0.5) is 0 Å². The van der Waals surface area contributed by atoms with Gasteiger partial charge in [0.15, 0.2) is 0 Å². The fourth-order valence-corrected chi connectivity index (χ4v) is 1.49. The number of rotatable bonds is 5. The molecule has 1 atom stereocenters. The van der Waals surface area contributed by atoms with Crippen molar-refractivity contribution in [3.05, 3.63) is 47.7 Å². The van der Waals surface area contributed by atoms with Crippen LogP contribution >= 0.6 is 0 Å². The monoisotopic (exact) mass is 236 g/mol. The normalized spacial score (nSPS) is 12.4. The summed E-state index contributed by atoms with van der Waals surface area (Å²) >= 11 is 0. The topological polar surface area (TPSA) is 38.0 Å². The Hall–Kier alpha value is -1.28. The van der Waals surface area contributed by atoms with Crippen molar-refractivity contribution in [1.29, 1.82) is 0 Å². The maximum Gasteiger partial charge on any atom is 0.0397 e. The van der Waals surface area contributed by atoms with Gasteiger partial charge >= 0.3 is 0 Å². The van der Waals surface area contributed by atoms with E-state index in [4.69, 9.17) is 5.73 Å². The summed E-state index contributed by atoms with van der Waals surface area (Å²) in [5.74, 6) is 0.402. The molecular weight excluding hydrogens is 208 g/mol. The third-order valence-corrected chi connectivity index (χ3v) is 2.53. The third kappa shape index (κ3) is 6.12. The molecule has 1 aromatic rings. The summed E-state index contributed by atoms with van der Waals surface area (Å²) in [5, 5.41) is 3.42. The van der Waals surface area contributed by atoms with Crippen LogP contribution in [0.2, 0.25) is 0 Å². The van der Waals surface area contributed by atoms with Crippen molar-refractivity contribution in [2.45, 2.75) is 34.2 Å². The van der Waals surface area contributed by atoms with Gasteiger partial charge in [-0.1, -0.05) is 57.2 Å². The predicted molar refractivity (Wildman–Crippen MR) is 78.7 cm³/mol. The number of nitrogens with two attached hydrogens (primary N) is 1. The molecule has 0 saturated heterocycles. The van der Waals surface area contributed by atoms with Gasteiger partial charge in [-0.05, 0) is 12.5 Å². The van der Waals surface area contributed by atoms with Gasteiger partial charge in [0, 0.05) is 26.1 Å². The van der Waals surface area contributed by atoms with Gasteiger partial charge in [0.25, 0.3) is 0 Å². The van der Waals surface area contributed by atoms with Gasteiger partial charge < -0.3 is 11.1 Å². The zero-order valence-corrected chi connectivity index (χ0v) is 11.5. The molecule has 1 unspecified atom stereocenters. The summed E-state index contributed by atoms with van der Waals surface area (Å²) < 4.78 is 0. The van der Waals surface area contributed by atoms with Crippen LogP contribution in [0.25, 0.3) is 0 Å². The van der Waals surface area contributed by atoms with Gasteiger partial charge in [0.1, 0.15) is 0 Å². The lowest BCUT2D eigenvalue weighted by atomic mass is 10.1. The van der Waals surface area contributed by atoms with Crippen molar-refractivity contribution in [1.82, 2.24) is 5.32 Å². The second-order valence-corrected chi connectivity index (χ2v) is 3.72. The second-order valence-electron chi connectivity index (χ2n) is 3.72. The van der Waals surface area contributed by atoms with E-state index in [0.29, 0.717) is 12.5 Å². The Morgan fingerprint density at radius 1 is 1.35 bits per heavy atom. The number of hydrogen-bond donors (Lipinski definition) is 2. The lowest BCUT2D eigenvalue weighted by Gasteiger charge is -2.16. The molecule has 0 aromatic heterocycles. The molecule has 0 aliphatic rings. The molecule has 1 aromatic carbocycles. The van der Waals surface area contributed by atoms with E-state index in [1.807, 2.05) is 26.8 Å². The Kier molecular flexibility index (Phi) is 9.17. The maximum atomic E-state index is 5.64. The minimum absolute atomic E-state index is 0. The van der Waals surface area contributed by atoms with Crippen LogP contribution in [0, 0.1) is 5.92 Å². The number of allylic oxidation sites excluding steroid dienone is 1. The number of nitrogens with one attached hydrogen (secondary N) is 1. The van der Waals surface area contributed by atoms with Gasteiger partial charge in [-0.15, -0.1) is 0 Å². The number of hydrogen-bond acceptors (Lipinski definition) is 2. The summed E-state index contributed by atoms with van der Waals surface area (Å²) in [6, 6.07) is 10.4. The molecule has 2 heteroatoms. The highest BCUT2D eigenvalue weighted by molar-refractivity contribution is 5.16. The van der Waals surface area contributed by atoms with E-state index >= 15 is 0 Å². The number of benzene rings is 1. The highest BCUT2D eigenvalue weighted by atomic mass is 14.9. The molecule has 2 nitrogen and oxygen atoms in total. The van der Waals surface area contributed by atoms with Crippen molar-refractivity contribution < 1.29 is 1.43 Å². The first kappa shape index (κ1) is 15.7. The summed E-state index contributed by atoms with van der Waals surface area (Å²) in [6.07, 6.45) is 2.10. The molecule has 0 spiro atoms. The third-order valence-electron chi connectivity index (χ3n) is 2.53. The van der Waals surface area contributed by atoms with Crippen LogP contribution in [-0.2, 0) is 6.54 Å². The smallest absolute Gasteiger partial charge is 0.0397 e. The zero-order valence-electron chi connectivity index (χ0n) is 11.5. The summed E-state index contributed by atoms with van der Waals surface area (Å²) in [6.45, 7) is 9.72. The lowest BCUT2D eigenvalue weighted by Crippen LogP contribution is -2.23. The average Bonchev–Trinajstić information content (AvgIpc) is 2.42. The zero-order chi connectivity index (χ0) is 13.1. The Morgan fingerprint density at radius 3 is 2.41 bits per heavy atom. The summed E-state index contributed by atoms with van der Waals surface area (Å²) in [4.78, 5) is 0. The van der Waals surface area contributed by atoms with Gasteiger partial charge in [-0.3, -0.25) is 0 Å². The van der Waals surface area contributed by atoms with Gasteiger partial charge in [0.05, 0.1) is 0 Å². The molecule has 0 saturated carbocycles. The molecule has 0 heterocycles. The van der Waals surface area contributed by atoms with Gasteiger partial charge in [-0.2, -0.15) is 0 Å². The second kappa shape index (κ2) is 9.91. The van der Waals surface area contributed by atoms with Crippen molar-refractivity contribution in [2.75, 3.05) is 6.54 Å². The molecule has 0 fully saturated rings. The van der Waals surface area contributed by atoms with Gasteiger partial charge in [-0.25, -0.2) is 0 Å². The molecule has 0 amide bonds. The van der Waals surface area contributed by atoms with Gasteiger partial charge in [0.2, 0.25) is 0 Å². The molecule has 98 valence electrons. The fourth-order valence-electron chi connectivity index (χ4n) is 1.49. The summed E-state index contributed by atoms with van der Waals surface area (Å²) in [5.41, 5.74) is 8.15. The standard InChI is InChI=1S/C13H20N2.C2H6.H2/c1-3-13(11(2)9-14)15-10-12-7-5-4-6-8-12;1-2;/h3-8,11,15H,9-10,14H2,1-2H3;1-2H3;1H/b13-3+;;. The molecule has 3 N–H and O–H groups in total. The maximum absolute atomic E-state index is 5.64. The van der Waals surface area contributed by atoms with E-state index < -0.39 is 0 Å². The molecule has 1 rings (SSSR count). The molecular formula is C15H28N2. The predicted octanol–water partition coefficient (Wildman–Crippen LogP) is 3.55. The molecule has 0 radical (unpaired) electrons. The van der Waals surface area contributed by atoms with E-state index in [2.05, 4.69) is 42.6 Å². The fraction of sp³-hybridized carbons (Fsp3) is 0.467. The van der Waals surface area contributed by atoms with Crippen molar-refractivity contribution in [3.8, 4) is 0 Å². The Labute approximate surface area is 107 Å². The van der Waals surface area contributed by atoms with E-state index in [9.17, 15) is 0 Å². The Balaban J connectivity index is 0. The largest absolute Gasteiger partial charge is 0.384 e. The molecule has 0 bridgehead atoms. The van der Waals surface area contributed by atoms with E-state index in [-0.39, 0.29) is 1.43 Å². The van der Waals surface area contributed by atoms with Crippen LogP contribution in [-0.4, -0.2) is 6.54 Å². The highest BCUT2D eigenvalue weighted by Gasteiger charge is 2.04. The molecule has 0 aliphatic carbocycles. The van der Waals surface area contributed by atoms with Crippen LogP contribution in [0.5, 0.6) is 0 Å². The SMILES string of the molecule is C/C=C(/NCc1ccccc1)C(C)CN.CC.[HH]. The Bertz CT molecular complexity index is 310. The quantitative estimate of drug-likeness (QED) is 0.820. The van der Waals surface area contributed by atoms with Crippen LogP contribution in [0.15, 0.2) is 42.1 Å². The van der Waals surface area contributed by atoms with E-state index in [0.717, 1.165) is 6.54 Å². The molecule has 17 heavy (non-hydrogen) atoms. The van der Waals surface area contributed by atoms with Crippen LogP contribution in [0.3, 0.4) is 0 Å². The van der Waals surface area contributed by atoms with E-state index in [1.54, 1.807) is 0 Å². The lowest BCUT2D eigenvalue weighted by molar-refractivity contribution is 0.611. The van der Waals surface area contributed by atoms with E-state index in [1.165, 1.54) is 11.3 Å². The van der Waals surface area contributed by atoms with Crippen molar-refractivity contribution in [2.24, 2.45) is 11.7 Å². The first-order valence-corrected chi connectivity index (χ1v) is 6.42. The first-order chi connectivity index (χ1) is 8.27. The van der Waals surface area contributed by atoms with Crippen LogP contribution < -0.4 is 11.1 Å². The minimum atomic E-state index is 0.